The van der Waals surface area contributed by atoms with Gasteiger partial charge < -0.3 is 14.4 Å². The third-order valence-electron chi connectivity index (χ3n) is 2.44. The van der Waals surface area contributed by atoms with Gasteiger partial charge in [0.1, 0.15) is 18.0 Å². The molecule has 7 heteroatoms. The molecular formula is C11H14N4O3. The average molecular weight is 250 g/mol. The molecule has 7 nitrogen and oxygen atoms in total. The summed E-state index contributed by atoms with van der Waals surface area (Å²) < 4.78 is 6.56. The van der Waals surface area contributed by atoms with E-state index in [1.165, 1.54) is 4.68 Å². The van der Waals surface area contributed by atoms with E-state index < -0.39 is 0 Å². The fourth-order valence-corrected chi connectivity index (χ4v) is 1.47. The van der Waals surface area contributed by atoms with Gasteiger partial charge in [0.05, 0.1) is 25.6 Å². The van der Waals surface area contributed by atoms with Crippen molar-refractivity contribution >= 4 is 5.91 Å². The minimum atomic E-state index is -0.184. The second-order valence-electron chi connectivity index (χ2n) is 3.89. The van der Waals surface area contributed by atoms with Crippen LogP contribution in [0.5, 0.6) is 0 Å². The molecule has 96 valence electrons. The van der Waals surface area contributed by atoms with Gasteiger partial charge in [-0.2, -0.15) is 0 Å². The van der Waals surface area contributed by atoms with Crippen molar-refractivity contribution in [1.82, 2.24) is 19.9 Å². The van der Waals surface area contributed by atoms with Crippen molar-refractivity contribution in [2.45, 2.75) is 19.7 Å². The zero-order chi connectivity index (χ0) is 13.0. The molecule has 0 aromatic carbocycles. The van der Waals surface area contributed by atoms with Crippen LogP contribution < -0.4 is 0 Å². The Balaban J connectivity index is 1.90. The maximum Gasteiger partial charge on any atom is 0.244 e. The number of likely N-dealkylation sites (N-methyl/N-ethyl adjacent to an activating group) is 1. The SMILES string of the molecule is CN(Cc1ccco1)C(=O)Cn1cc(CO)nn1. The molecule has 0 saturated heterocycles. The van der Waals surface area contributed by atoms with E-state index in [0.717, 1.165) is 5.76 Å². The fourth-order valence-electron chi connectivity index (χ4n) is 1.47. The van der Waals surface area contributed by atoms with E-state index in [2.05, 4.69) is 10.3 Å². The molecule has 0 spiro atoms. The average Bonchev–Trinajstić information content (AvgIpc) is 3.00. The predicted molar refractivity (Wildman–Crippen MR) is 61.1 cm³/mol. The maximum atomic E-state index is 11.9. The molecular weight excluding hydrogens is 236 g/mol. The number of aliphatic hydroxyl groups is 1. The van der Waals surface area contributed by atoms with Gasteiger partial charge in [-0.05, 0) is 12.1 Å². The molecule has 2 heterocycles. The van der Waals surface area contributed by atoms with Crippen LogP contribution in [0.1, 0.15) is 11.5 Å². The van der Waals surface area contributed by atoms with Crippen LogP contribution in [0.4, 0.5) is 0 Å². The van der Waals surface area contributed by atoms with Gasteiger partial charge in [-0.15, -0.1) is 5.10 Å². The lowest BCUT2D eigenvalue weighted by atomic mass is 10.4. The van der Waals surface area contributed by atoms with Crippen LogP contribution in [0, 0.1) is 0 Å². The Bertz CT molecular complexity index is 506. The van der Waals surface area contributed by atoms with Crippen LogP contribution in [-0.2, 0) is 24.5 Å². The van der Waals surface area contributed by atoms with Gasteiger partial charge in [-0.3, -0.25) is 4.79 Å². The van der Waals surface area contributed by atoms with Crippen molar-refractivity contribution in [3.63, 3.8) is 0 Å². The van der Waals surface area contributed by atoms with Crippen LogP contribution in [0.15, 0.2) is 29.0 Å². The summed E-state index contributed by atoms with van der Waals surface area (Å²) in [7, 11) is 1.69. The lowest BCUT2D eigenvalue weighted by Gasteiger charge is -2.15. The van der Waals surface area contributed by atoms with Crippen molar-refractivity contribution in [3.8, 4) is 0 Å². The largest absolute Gasteiger partial charge is 0.467 e. The summed E-state index contributed by atoms with van der Waals surface area (Å²) >= 11 is 0. The summed E-state index contributed by atoms with van der Waals surface area (Å²) in [5.41, 5.74) is 0.441. The molecule has 0 bridgehead atoms. The quantitative estimate of drug-likeness (QED) is 0.808. The van der Waals surface area contributed by atoms with Gasteiger partial charge in [0.25, 0.3) is 0 Å². The van der Waals surface area contributed by atoms with E-state index in [1.807, 2.05) is 6.07 Å². The van der Waals surface area contributed by atoms with Crippen LogP contribution in [0.3, 0.4) is 0 Å². The summed E-state index contributed by atoms with van der Waals surface area (Å²) in [6, 6.07) is 3.59. The Labute approximate surface area is 104 Å². The van der Waals surface area contributed by atoms with E-state index in [4.69, 9.17) is 9.52 Å². The minimum Gasteiger partial charge on any atom is -0.467 e. The summed E-state index contributed by atoms with van der Waals surface area (Å²) in [6.45, 7) is 0.314. The Hall–Kier alpha value is -2.15. The molecule has 0 aliphatic carbocycles. The van der Waals surface area contributed by atoms with Gasteiger partial charge in [0, 0.05) is 7.05 Å². The highest BCUT2D eigenvalue weighted by Gasteiger charge is 2.12. The predicted octanol–water partition coefficient (Wildman–Crippen LogP) is 0.0220. The zero-order valence-corrected chi connectivity index (χ0v) is 9.98. The molecule has 2 aromatic heterocycles. The number of furan rings is 1. The highest BCUT2D eigenvalue weighted by atomic mass is 16.3. The van der Waals surface area contributed by atoms with Crippen molar-refractivity contribution in [1.29, 1.82) is 0 Å². The number of nitrogens with zero attached hydrogens (tertiary/aromatic N) is 4. The third-order valence-corrected chi connectivity index (χ3v) is 2.44. The second kappa shape index (κ2) is 5.46. The monoisotopic (exact) mass is 250 g/mol. The zero-order valence-electron chi connectivity index (χ0n) is 9.98. The molecule has 0 fully saturated rings. The molecule has 0 atom stereocenters. The standard InChI is InChI=1S/C11H14N4O3/c1-14(6-10-3-2-4-18-10)11(17)7-15-5-9(8-16)12-13-15/h2-5,16H,6-8H2,1H3. The molecule has 0 aliphatic heterocycles. The van der Waals surface area contributed by atoms with Gasteiger partial charge >= 0.3 is 0 Å². The number of carbonyl (C=O) groups is 1. The molecule has 0 saturated carbocycles. The molecule has 2 aromatic rings. The summed E-state index contributed by atoms with van der Waals surface area (Å²) in [5, 5.41) is 16.3. The van der Waals surface area contributed by atoms with Crippen LogP contribution in [-0.4, -0.2) is 38.0 Å². The van der Waals surface area contributed by atoms with Crippen LogP contribution in [0.2, 0.25) is 0 Å². The molecule has 2 rings (SSSR count). The number of amides is 1. The molecule has 0 radical (unpaired) electrons. The van der Waals surface area contributed by atoms with E-state index >= 15 is 0 Å². The van der Waals surface area contributed by atoms with E-state index in [1.54, 1.807) is 30.5 Å². The van der Waals surface area contributed by atoms with Gasteiger partial charge in [0.2, 0.25) is 5.91 Å². The fraction of sp³-hybridized carbons (Fsp3) is 0.364. The lowest BCUT2D eigenvalue weighted by Crippen LogP contribution is -2.29. The Kier molecular flexibility index (Phi) is 3.73. The summed E-state index contributed by atoms with van der Waals surface area (Å²) in [5.74, 6) is 0.612. The summed E-state index contributed by atoms with van der Waals surface area (Å²) in [6.07, 6.45) is 3.11. The minimum absolute atomic E-state index is 0.0875. The second-order valence-corrected chi connectivity index (χ2v) is 3.89. The first kappa shape index (κ1) is 12.3. The summed E-state index contributed by atoms with van der Waals surface area (Å²) in [4.78, 5) is 13.4. The van der Waals surface area contributed by atoms with E-state index in [9.17, 15) is 4.79 Å². The molecule has 1 amide bonds. The normalized spacial score (nSPS) is 10.6. The van der Waals surface area contributed by atoms with E-state index in [0.29, 0.717) is 12.2 Å². The lowest BCUT2D eigenvalue weighted by molar-refractivity contribution is -0.131. The highest BCUT2D eigenvalue weighted by molar-refractivity contribution is 5.75. The molecule has 0 unspecified atom stereocenters. The number of aliphatic hydroxyl groups excluding tert-OH is 1. The smallest absolute Gasteiger partial charge is 0.244 e. The number of carbonyl (C=O) groups excluding carboxylic acids is 1. The van der Waals surface area contributed by atoms with Crippen molar-refractivity contribution < 1.29 is 14.3 Å². The first-order valence-corrected chi connectivity index (χ1v) is 5.45. The number of aromatic nitrogens is 3. The number of hydrogen-bond acceptors (Lipinski definition) is 5. The maximum absolute atomic E-state index is 11.9. The van der Waals surface area contributed by atoms with Crippen molar-refractivity contribution in [2.75, 3.05) is 7.05 Å². The van der Waals surface area contributed by atoms with Crippen LogP contribution in [0.25, 0.3) is 0 Å². The van der Waals surface area contributed by atoms with E-state index in [-0.39, 0.29) is 19.1 Å². The van der Waals surface area contributed by atoms with Gasteiger partial charge in [0.15, 0.2) is 0 Å². The Morgan fingerprint density at radius 3 is 3.06 bits per heavy atom. The topological polar surface area (TPSA) is 84.4 Å². The highest BCUT2D eigenvalue weighted by Crippen LogP contribution is 2.04. The van der Waals surface area contributed by atoms with Crippen molar-refractivity contribution in [3.05, 3.63) is 36.0 Å². The Morgan fingerprint density at radius 1 is 1.61 bits per heavy atom. The number of rotatable bonds is 5. The van der Waals surface area contributed by atoms with Crippen LogP contribution >= 0.6 is 0 Å². The Morgan fingerprint density at radius 2 is 2.44 bits per heavy atom. The molecule has 1 N–H and O–H groups in total. The first-order chi connectivity index (χ1) is 8.69. The molecule has 0 aliphatic rings. The van der Waals surface area contributed by atoms with Crippen molar-refractivity contribution in [2.24, 2.45) is 0 Å². The third kappa shape index (κ3) is 2.95. The molecule has 18 heavy (non-hydrogen) atoms. The first-order valence-electron chi connectivity index (χ1n) is 5.45. The van der Waals surface area contributed by atoms with Gasteiger partial charge in [-0.25, -0.2) is 4.68 Å². The van der Waals surface area contributed by atoms with Gasteiger partial charge in [-0.1, -0.05) is 5.21 Å². The number of hydrogen-bond donors (Lipinski definition) is 1.